The quantitative estimate of drug-likeness (QED) is 0.487. The normalized spacial score (nSPS) is 26.3. The highest BCUT2D eigenvalue weighted by Gasteiger charge is 2.23. The second-order valence-corrected chi connectivity index (χ2v) is 1.90. The number of ether oxygens (including phenoxy) is 1. The summed E-state index contributed by atoms with van der Waals surface area (Å²) in [6.45, 7) is 0.941. The second kappa shape index (κ2) is 2.80. The third kappa shape index (κ3) is 1.40. The van der Waals surface area contributed by atoms with Crippen molar-refractivity contribution in [2.45, 2.75) is 6.10 Å². The van der Waals surface area contributed by atoms with Crippen molar-refractivity contribution in [1.82, 2.24) is 10.6 Å². The van der Waals surface area contributed by atoms with E-state index < -0.39 is 0 Å². The molecular weight excluding hydrogens is 120 g/mol. The minimum atomic E-state index is -0.282. The molecule has 1 aliphatic heterocycles. The molecule has 4 nitrogen and oxygen atoms in total. The van der Waals surface area contributed by atoms with E-state index in [0.29, 0.717) is 13.3 Å². The molecule has 0 spiro atoms. The fourth-order valence-electron chi connectivity index (χ4n) is 0.740. The van der Waals surface area contributed by atoms with Gasteiger partial charge in [0.25, 0.3) is 5.91 Å². The maximum Gasteiger partial charge on any atom is 0.252 e. The van der Waals surface area contributed by atoms with E-state index in [0.717, 1.165) is 0 Å². The lowest BCUT2D eigenvalue weighted by atomic mass is 10.3. The molecule has 0 bridgehead atoms. The predicted molar refractivity (Wildman–Crippen MR) is 31.8 cm³/mol. The first-order chi connectivity index (χ1) is 4.34. The summed E-state index contributed by atoms with van der Waals surface area (Å²) in [5.74, 6) is -0.0237. The molecule has 0 saturated carbocycles. The van der Waals surface area contributed by atoms with Crippen LogP contribution in [0.25, 0.3) is 0 Å². The number of hydrogen-bond acceptors (Lipinski definition) is 3. The average molecular weight is 130 g/mol. The molecule has 1 aliphatic rings. The Kier molecular flexibility index (Phi) is 2.02. The number of rotatable bonds is 2. The maximum atomic E-state index is 10.7. The molecule has 1 fully saturated rings. The zero-order valence-corrected chi connectivity index (χ0v) is 5.31. The van der Waals surface area contributed by atoms with Gasteiger partial charge in [-0.05, 0) is 7.05 Å². The van der Waals surface area contributed by atoms with Crippen LogP contribution in [-0.2, 0) is 9.53 Å². The summed E-state index contributed by atoms with van der Waals surface area (Å²) in [5.41, 5.74) is 0. The minimum absolute atomic E-state index is 0.0237. The molecule has 0 radical (unpaired) electrons. The Bertz CT molecular complexity index is 116. The van der Waals surface area contributed by atoms with Crippen LogP contribution in [0.1, 0.15) is 0 Å². The van der Waals surface area contributed by atoms with Gasteiger partial charge in [-0.2, -0.15) is 0 Å². The molecule has 1 amide bonds. The lowest BCUT2D eigenvalue weighted by molar-refractivity contribution is -0.123. The molecule has 2 N–H and O–H groups in total. The van der Waals surface area contributed by atoms with Gasteiger partial charge in [-0.15, -0.1) is 0 Å². The molecule has 0 aromatic carbocycles. The van der Waals surface area contributed by atoms with E-state index in [1.165, 1.54) is 0 Å². The summed E-state index contributed by atoms with van der Waals surface area (Å²) < 4.78 is 4.98. The van der Waals surface area contributed by atoms with Gasteiger partial charge in [0.05, 0.1) is 0 Å². The lowest BCUT2D eigenvalue weighted by Crippen LogP contribution is -2.32. The van der Waals surface area contributed by atoms with Crippen molar-refractivity contribution in [3.05, 3.63) is 0 Å². The van der Waals surface area contributed by atoms with Crippen LogP contribution in [0, 0.1) is 0 Å². The predicted octanol–water partition coefficient (Wildman–Crippen LogP) is -1.32. The van der Waals surface area contributed by atoms with Crippen molar-refractivity contribution >= 4 is 5.91 Å². The van der Waals surface area contributed by atoms with Crippen LogP contribution in [0.3, 0.4) is 0 Å². The fourth-order valence-corrected chi connectivity index (χ4v) is 0.740. The largest absolute Gasteiger partial charge is 0.347 e. The van der Waals surface area contributed by atoms with E-state index in [1.807, 2.05) is 0 Å². The first kappa shape index (κ1) is 6.51. The molecule has 1 saturated heterocycles. The summed E-state index contributed by atoms with van der Waals surface area (Å²) in [6.07, 6.45) is -0.282. The van der Waals surface area contributed by atoms with Gasteiger partial charge < -0.3 is 15.4 Å². The Hall–Kier alpha value is -0.610. The summed E-state index contributed by atoms with van der Waals surface area (Å²) in [6, 6.07) is 0. The van der Waals surface area contributed by atoms with Gasteiger partial charge >= 0.3 is 0 Å². The third-order valence-electron chi connectivity index (χ3n) is 1.21. The molecule has 1 unspecified atom stereocenters. The van der Waals surface area contributed by atoms with Gasteiger partial charge in [-0.3, -0.25) is 4.79 Å². The highest BCUT2D eigenvalue weighted by molar-refractivity contribution is 5.82. The van der Waals surface area contributed by atoms with Gasteiger partial charge in [-0.1, -0.05) is 0 Å². The van der Waals surface area contributed by atoms with E-state index in [2.05, 4.69) is 10.6 Å². The van der Waals surface area contributed by atoms with Crippen molar-refractivity contribution in [3.8, 4) is 0 Å². The molecule has 0 aromatic rings. The Morgan fingerprint density at radius 2 is 2.78 bits per heavy atom. The number of carbonyl (C=O) groups is 1. The van der Waals surface area contributed by atoms with Crippen LogP contribution in [-0.4, -0.2) is 32.3 Å². The Labute approximate surface area is 53.6 Å². The third-order valence-corrected chi connectivity index (χ3v) is 1.21. The van der Waals surface area contributed by atoms with Crippen molar-refractivity contribution in [2.24, 2.45) is 0 Å². The van der Waals surface area contributed by atoms with Gasteiger partial charge in [0, 0.05) is 6.54 Å². The van der Waals surface area contributed by atoms with Crippen LogP contribution < -0.4 is 10.6 Å². The van der Waals surface area contributed by atoms with Crippen molar-refractivity contribution in [2.75, 3.05) is 20.3 Å². The standard InChI is InChI=1S/C5H10N2O2/c1-6-2-4-5(8)7-3-9-4/h4,6H,2-3H2,1H3,(H,7,8). The molecule has 0 aromatic heterocycles. The van der Waals surface area contributed by atoms with E-state index in [1.54, 1.807) is 7.05 Å². The molecule has 1 heterocycles. The summed E-state index contributed by atoms with van der Waals surface area (Å²) >= 11 is 0. The molecule has 1 atom stereocenters. The Morgan fingerprint density at radius 1 is 2.00 bits per heavy atom. The average Bonchev–Trinajstić information content (AvgIpc) is 2.18. The monoisotopic (exact) mass is 130 g/mol. The van der Waals surface area contributed by atoms with Gasteiger partial charge in [0.2, 0.25) is 0 Å². The van der Waals surface area contributed by atoms with E-state index in [4.69, 9.17) is 4.74 Å². The summed E-state index contributed by atoms with van der Waals surface area (Å²) in [5, 5.41) is 5.41. The molecule has 52 valence electrons. The number of likely N-dealkylation sites (N-methyl/N-ethyl adjacent to an activating group) is 1. The number of carbonyl (C=O) groups excluding carboxylic acids is 1. The van der Waals surface area contributed by atoms with Crippen molar-refractivity contribution < 1.29 is 9.53 Å². The molecule has 4 heteroatoms. The van der Waals surface area contributed by atoms with Gasteiger partial charge in [0.1, 0.15) is 6.73 Å². The van der Waals surface area contributed by atoms with Crippen molar-refractivity contribution in [3.63, 3.8) is 0 Å². The molecule has 0 aliphatic carbocycles. The molecule has 9 heavy (non-hydrogen) atoms. The number of amides is 1. The highest BCUT2D eigenvalue weighted by atomic mass is 16.5. The SMILES string of the molecule is CNCC1OCNC1=O. The van der Waals surface area contributed by atoms with Crippen LogP contribution >= 0.6 is 0 Å². The van der Waals surface area contributed by atoms with Gasteiger partial charge in [0.15, 0.2) is 6.10 Å². The van der Waals surface area contributed by atoms with E-state index >= 15 is 0 Å². The topological polar surface area (TPSA) is 50.4 Å². The Balaban J connectivity index is 2.31. The summed E-state index contributed by atoms with van der Waals surface area (Å²) in [4.78, 5) is 10.7. The second-order valence-electron chi connectivity index (χ2n) is 1.90. The fraction of sp³-hybridized carbons (Fsp3) is 0.800. The van der Waals surface area contributed by atoms with Crippen molar-refractivity contribution in [1.29, 1.82) is 0 Å². The first-order valence-electron chi connectivity index (χ1n) is 2.88. The zero-order valence-electron chi connectivity index (χ0n) is 5.31. The molecular formula is C5H10N2O2. The summed E-state index contributed by atoms with van der Waals surface area (Å²) in [7, 11) is 1.79. The molecule has 1 rings (SSSR count). The van der Waals surface area contributed by atoms with E-state index in [-0.39, 0.29) is 12.0 Å². The van der Waals surface area contributed by atoms with E-state index in [9.17, 15) is 4.79 Å². The van der Waals surface area contributed by atoms with Crippen LogP contribution in [0.5, 0.6) is 0 Å². The Morgan fingerprint density at radius 3 is 3.22 bits per heavy atom. The highest BCUT2D eigenvalue weighted by Crippen LogP contribution is 1.95. The van der Waals surface area contributed by atoms with Crippen LogP contribution in [0.4, 0.5) is 0 Å². The minimum Gasteiger partial charge on any atom is -0.347 e. The van der Waals surface area contributed by atoms with Crippen LogP contribution in [0.15, 0.2) is 0 Å². The smallest absolute Gasteiger partial charge is 0.252 e. The number of hydrogen-bond donors (Lipinski definition) is 2. The van der Waals surface area contributed by atoms with Gasteiger partial charge in [-0.25, -0.2) is 0 Å². The lowest BCUT2D eigenvalue weighted by Gasteiger charge is -2.02. The van der Waals surface area contributed by atoms with Crippen LogP contribution in [0.2, 0.25) is 0 Å². The number of nitrogens with one attached hydrogen (secondary N) is 2. The maximum absolute atomic E-state index is 10.7. The zero-order chi connectivity index (χ0) is 6.69. The first-order valence-corrected chi connectivity index (χ1v) is 2.88.